The molecule has 2 heterocycles. The summed E-state index contributed by atoms with van der Waals surface area (Å²) in [5.74, 6) is 0.198. The van der Waals surface area contributed by atoms with Crippen LogP contribution in [0.5, 0.6) is 0 Å². The molecule has 1 fully saturated rings. The summed E-state index contributed by atoms with van der Waals surface area (Å²) in [7, 11) is 0. The average Bonchev–Trinajstić information content (AvgIpc) is 2.79. The predicted molar refractivity (Wildman–Crippen MR) is 81.7 cm³/mol. The number of hydrogen-bond donors (Lipinski definition) is 2. The summed E-state index contributed by atoms with van der Waals surface area (Å²) in [5.41, 5.74) is 1.50. The third-order valence-corrected chi connectivity index (χ3v) is 4.89. The smallest absolute Gasteiger partial charge is 0.271 e. The fourth-order valence-electron chi connectivity index (χ4n) is 2.65. The molecule has 0 bridgehead atoms. The minimum absolute atomic E-state index is 0.0565. The molecule has 1 aliphatic heterocycles. The van der Waals surface area contributed by atoms with E-state index in [1.54, 1.807) is 4.90 Å². The number of likely N-dealkylation sites (tertiary alicyclic amines) is 1. The Labute approximate surface area is 125 Å². The molecule has 20 heavy (non-hydrogen) atoms. The first-order valence-corrected chi connectivity index (χ1v) is 7.60. The van der Waals surface area contributed by atoms with Gasteiger partial charge in [-0.1, -0.05) is 25.1 Å². The fraction of sp³-hybridized carbons (Fsp3) is 0.400. The maximum absolute atomic E-state index is 12.6. The topological polar surface area (TPSA) is 56.3 Å². The molecule has 2 atom stereocenters. The number of β-amino-alcohol motifs (C(OH)–C–C–N with tert-alkyl or cyclic N) is 1. The van der Waals surface area contributed by atoms with E-state index in [-0.39, 0.29) is 11.8 Å². The summed E-state index contributed by atoms with van der Waals surface area (Å²) in [4.78, 5) is 17.5. The molecular weight excluding hydrogens is 320 g/mol. The summed E-state index contributed by atoms with van der Waals surface area (Å²) >= 11 is 3.50. The zero-order valence-electron chi connectivity index (χ0n) is 11.3. The van der Waals surface area contributed by atoms with Crippen molar-refractivity contribution in [2.24, 2.45) is 5.92 Å². The predicted octanol–water partition coefficient (Wildman–Crippen LogP) is 2.77. The number of nitrogens with zero attached hydrogens (tertiary/aromatic N) is 1. The van der Waals surface area contributed by atoms with E-state index in [4.69, 9.17) is 0 Å². The SMILES string of the molecule is CC1CCN(C(=O)c2[nH]c3ccccc3c2Br)CC1O. The number of aliphatic hydroxyl groups excluding tert-OH is 1. The second kappa shape index (κ2) is 5.22. The van der Waals surface area contributed by atoms with E-state index in [2.05, 4.69) is 20.9 Å². The fourth-order valence-corrected chi connectivity index (χ4v) is 3.26. The molecule has 0 radical (unpaired) electrons. The number of aromatic amines is 1. The van der Waals surface area contributed by atoms with Gasteiger partial charge in [0.2, 0.25) is 0 Å². The highest BCUT2D eigenvalue weighted by Gasteiger charge is 2.29. The van der Waals surface area contributed by atoms with Crippen LogP contribution in [0.15, 0.2) is 28.7 Å². The van der Waals surface area contributed by atoms with Gasteiger partial charge in [-0.05, 0) is 34.3 Å². The van der Waals surface area contributed by atoms with Crippen molar-refractivity contribution in [3.05, 3.63) is 34.4 Å². The first kappa shape index (κ1) is 13.6. The molecule has 1 saturated heterocycles. The van der Waals surface area contributed by atoms with E-state index >= 15 is 0 Å². The minimum atomic E-state index is -0.434. The van der Waals surface area contributed by atoms with E-state index in [9.17, 15) is 9.90 Å². The van der Waals surface area contributed by atoms with Crippen molar-refractivity contribution in [1.29, 1.82) is 0 Å². The molecule has 106 valence electrons. The van der Waals surface area contributed by atoms with Crippen molar-refractivity contribution in [3.63, 3.8) is 0 Å². The Balaban J connectivity index is 1.91. The van der Waals surface area contributed by atoms with Crippen LogP contribution in [0, 0.1) is 5.92 Å². The van der Waals surface area contributed by atoms with Crippen LogP contribution in [-0.2, 0) is 0 Å². The number of carbonyl (C=O) groups excluding carboxylic acids is 1. The van der Waals surface area contributed by atoms with Crippen LogP contribution in [0.1, 0.15) is 23.8 Å². The number of rotatable bonds is 1. The lowest BCUT2D eigenvalue weighted by molar-refractivity contribution is 0.0245. The average molecular weight is 337 g/mol. The summed E-state index contributed by atoms with van der Waals surface area (Å²) in [5, 5.41) is 10.9. The number of benzene rings is 1. The second-order valence-corrected chi connectivity index (χ2v) is 6.24. The molecule has 1 aliphatic rings. The van der Waals surface area contributed by atoms with E-state index in [0.29, 0.717) is 18.8 Å². The van der Waals surface area contributed by atoms with Gasteiger partial charge in [0.05, 0.1) is 10.6 Å². The third kappa shape index (κ3) is 2.25. The van der Waals surface area contributed by atoms with Gasteiger partial charge in [-0.3, -0.25) is 4.79 Å². The van der Waals surface area contributed by atoms with Crippen molar-refractivity contribution < 1.29 is 9.90 Å². The molecule has 1 aromatic heterocycles. The number of piperidine rings is 1. The summed E-state index contributed by atoms with van der Waals surface area (Å²) in [6.07, 6.45) is 0.404. The lowest BCUT2D eigenvalue weighted by Crippen LogP contribution is -2.46. The van der Waals surface area contributed by atoms with Gasteiger partial charge >= 0.3 is 0 Å². The monoisotopic (exact) mass is 336 g/mol. The van der Waals surface area contributed by atoms with Crippen molar-refractivity contribution in [2.45, 2.75) is 19.4 Å². The van der Waals surface area contributed by atoms with Crippen molar-refractivity contribution in [3.8, 4) is 0 Å². The van der Waals surface area contributed by atoms with Crippen molar-refractivity contribution in [2.75, 3.05) is 13.1 Å². The Kier molecular flexibility index (Phi) is 3.56. The molecule has 2 N–H and O–H groups in total. The number of hydrogen-bond acceptors (Lipinski definition) is 2. The number of aliphatic hydroxyl groups is 1. The largest absolute Gasteiger partial charge is 0.391 e. The number of para-hydroxylation sites is 1. The molecule has 0 spiro atoms. The van der Waals surface area contributed by atoms with Gasteiger partial charge in [-0.2, -0.15) is 0 Å². The highest BCUT2D eigenvalue weighted by molar-refractivity contribution is 9.10. The zero-order chi connectivity index (χ0) is 14.3. The molecule has 2 unspecified atom stereocenters. The van der Waals surface area contributed by atoms with Crippen molar-refractivity contribution in [1.82, 2.24) is 9.88 Å². The standard InChI is InChI=1S/C15H17BrN2O2/c1-9-6-7-18(8-12(9)19)15(20)14-13(16)10-4-2-3-5-11(10)17-14/h2-5,9,12,17,19H,6-8H2,1H3. The van der Waals surface area contributed by atoms with Gasteiger partial charge in [-0.15, -0.1) is 0 Å². The summed E-state index contributed by atoms with van der Waals surface area (Å²) in [6.45, 7) is 3.12. The molecule has 0 saturated carbocycles. The van der Waals surface area contributed by atoms with Crippen LogP contribution in [0.3, 0.4) is 0 Å². The molecule has 0 aliphatic carbocycles. The number of H-pyrrole nitrogens is 1. The van der Waals surface area contributed by atoms with Crippen LogP contribution in [0.4, 0.5) is 0 Å². The summed E-state index contributed by atoms with van der Waals surface area (Å²) in [6, 6.07) is 7.80. The van der Waals surface area contributed by atoms with Crippen LogP contribution in [-0.4, -0.2) is 40.1 Å². The Morgan fingerprint density at radius 1 is 1.45 bits per heavy atom. The Morgan fingerprint density at radius 3 is 2.90 bits per heavy atom. The number of carbonyl (C=O) groups is 1. The van der Waals surface area contributed by atoms with E-state index in [1.807, 2.05) is 31.2 Å². The molecular formula is C15H17BrN2O2. The second-order valence-electron chi connectivity index (χ2n) is 5.44. The van der Waals surface area contributed by atoms with Gasteiger partial charge < -0.3 is 15.0 Å². The highest BCUT2D eigenvalue weighted by atomic mass is 79.9. The van der Waals surface area contributed by atoms with Gasteiger partial charge in [-0.25, -0.2) is 0 Å². The third-order valence-electron chi connectivity index (χ3n) is 4.06. The highest BCUT2D eigenvalue weighted by Crippen LogP contribution is 2.29. The Morgan fingerprint density at radius 2 is 2.20 bits per heavy atom. The number of nitrogens with one attached hydrogen (secondary N) is 1. The van der Waals surface area contributed by atoms with Gasteiger partial charge in [0, 0.05) is 24.0 Å². The maximum Gasteiger partial charge on any atom is 0.271 e. The van der Waals surface area contributed by atoms with Crippen LogP contribution >= 0.6 is 15.9 Å². The molecule has 1 aromatic carbocycles. The quantitative estimate of drug-likeness (QED) is 0.841. The number of aromatic nitrogens is 1. The summed E-state index contributed by atoms with van der Waals surface area (Å²) < 4.78 is 0.797. The van der Waals surface area contributed by atoms with Crippen LogP contribution in [0.2, 0.25) is 0 Å². The maximum atomic E-state index is 12.6. The zero-order valence-corrected chi connectivity index (χ0v) is 12.9. The van der Waals surface area contributed by atoms with Crippen LogP contribution < -0.4 is 0 Å². The normalized spacial score (nSPS) is 23.2. The molecule has 4 nitrogen and oxygen atoms in total. The number of amides is 1. The van der Waals surface area contributed by atoms with Gasteiger partial charge in [0.25, 0.3) is 5.91 Å². The molecule has 1 amide bonds. The first-order valence-electron chi connectivity index (χ1n) is 6.81. The number of halogens is 1. The Hall–Kier alpha value is -1.33. The molecule has 5 heteroatoms. The van der Waals surface area contributed by atoms with Gasteiger partial charge in [0.1, 0.15) is 5.69 Å². The minimum Gasteiger partial charge on any atom is -0.391 e. The lowest BCUT2D eigenvalue weighted by atomic mass is 9.96. The van der Waals surface area contributed by atoms with E-state index in [1.165, 1.54) is 0 Å². The van der Waals surface area contributed by atoms with Gasteiger partial charge in [0.15, 0.2) is 0 Å². The number of fused-ring (bicyclic) bond motifs is 1. The van der Waals surface area contributed by atoms with Crippen molar-refractivity contribution >= 4 is 32.7 Å². The van der Waals surface area contributed by atoms with E-state index in [0.717, 1.165) is 21.8 Å². The lowest BCUT2D eigenvalue weighted by Gasteiger charge is -2.34. The molecule has 3 rings (SSSR count). The molecule has 2 aromatic rings. The van der Waals surface area contributed by atoms with E-state index < -0.39 is 6.10 Å². The Bertz CT molecular complexity index is 652. The first-order chi connectivity index (χ1) is 9.58. The van der Waals surface area contributed by atoms with Crippen LogP contribution in [0.25, 0.3) is 10.9 Å².